The quantitative estimate of drug-likeness (QED) is 0.832. The largest absolute Gasteiger partial charge is 0.586 e. The molecule has 1 aromatic carbocycles. The van der Waals surface area contributed by atoms with Gasteiger partial charge in [-0.05, 0) is 19.1 Å². The number of ether oxygens (including phenoxy) is 2. The van der Waals surface area contributed by atoms with Crippen LogP contribution in [-0.4, -0.2) is 24.0 Å². The average Bonchev–Trinajstić information content (AvgIpc) is 2.47. The molecule has 1 aliphatic rings. The molecule has 6 heteroatoms. The van der Waals surface area contributed by atoms with Crippen LogP contribution in [0, 0.1) is 0 Å². The first-order valence-corrected chi connectivity index (χ1v) is 4.78. The lowest BCUT2D eigenvalue weighted by molar-refractivity contribution is -0.286. The van der Waals surface area contributed by atoms with E-state index in [0.717, 1.165) is 0 Å². The van der Waals surface area contributed by atoms with E-state index in [1.165, 1.54) is 12.1 Å². The van der Waals surface area contributed by atoms with Gasteiger partial charge in [-0.15, -0.1) is 8.78 Å². The van der Waals surface area contributed by atoms with Crippen molar-refractivity contribution in [3.8, 4) is 11.5 Å². The summed E-state index contributed by atoms with van der Waals surface area (Å²) < 4.78 is 33.9. The Balaban J connectivity index is 2.10. The van der Waals surface area contributed by atoms with E-state index in [0.29, 0.717) is 12.2 Å². The third-order valence-electron chi connectivity index (χ3n) is 2.00. The molecule has 0 radical (unpaired) electrons. The Morgan fingerprint density at radius 1 is 1.38 bits per heavy atom. The Morgan fingerprint density at radius 3 is 2.75 bits per heavy atom. The number of fused-ring (bicyclic) bond motifs is 1. The summed E-state index contributed by atoms with van der Waals surface area (Å²) in [7, 11) is 0. The summed E-state index contributed by atoms with van der Waals surface area (Å²) in [6.45, 7) is 1.95. The van der Waals surface area contributed by atoms with Gasteiger partial charge in [0.1, 0.15) is 0 Å². The number of anilines is 1. The highest BCUT2D eigenvalue weighted by Gasteiger charge is 2.43. The van der Waals surface area contributed by atoms with E-state index in [4.69, 9.17) is 5.11 Å². The maximum Gasteiger partial charge on any atom is 0.586 e. The summed E-state index contributed by atoms with van der Waals surface area (Å²) in [6.07, 6.45) is -4.11. The maximum atomic E-state index is 12.7. The Bertz CT molecular complexity index is 396. The molecule has 1 heterocycles. The van der Waals surface area contributed by atoms with Gasteiger partial charge < -0.3 is 19.9 Å². The summed E-state index contributed by atoms with van der Waals surface area (Å²) in [5.74, 6) is -0.00631. The predicted octanol–water partition coefficient (Wildman–Crippen LogP) is 1.80. The van der Waals surface area contributed by atoms with Gasteiger partial charge in [-0.3, -0.25) is 0 Å². The molecule has 0 amide bonds. The molecule has 2 N–H and O–H groups in total. The molecular formula is C10H11F2NO3. The molecule has 1 aromatic rings. The minimum Gasteiger partial charge on any atom is -0.395 e. The van der Waals surface area contributed by atoms with E-state index >= 15 is 0 Å². The SMILES string of the molecule is CC(O)CNc1ccc2c(c1)OC(F)(F)O2. The topological polar surface area (TPSA) is 50.7 Å². The van der Waals surface area contributed by atoms with Crippen LogP contribution in [0.25, 0.3) is 0 Å². The van der Waals surface area contributed by atoms with Crippen molar-refractivity contribution in [3.63, 3.8) is 0 Å². The fourth-order valence-electron chi connectivity index (χ4n) is 1.32. The zero-order chi connectivity index (χ0) is 11.8. The summed E-state index contributed by atoms with van der Waals surface area (Å²) in [4.78, 5) is 0. The second-order valence-corrected chi connectivity index (χ2v) is 3.56. The van der Waals surface area contributed by atoms with Crippen molar-refractivity contribution in [1.82, 2.24) is 0 Å². The number of alkyl halides is 2. The molecule has 2 rings (SSSR count). The number of nitrogens with one attached hydrogen (secondary N) is 1. The third-order valence-corrected chi connectivity index (χ3v) is 2.00. The molecule has 0 saturated carbocycles. The monoisotopic (exact) mass is 231 g/mol. The summed E-state index contributed by atoms with van der Waals surface area (Å²) >= 11 is 0. The average molecular weight is 231 g/mol. The van der Waals surface area contributed by atoms with Crippen molar-refractivity contribution in [2.24, 2.45) is 0 Å². The maximum absolute atomic E-state index is 12.7. The molecule has 0 bridgehead atoms. The van der Waals surface area contributed by atoms with Crippen LogP contribution in [0.2, 0.25) is 0 Å². The van der Waals surface area contributed by atoms with E-state index < -0.39 is 12.4 Å². The van der Waals surface area contributed by atoms with Gasteiger partial charge in [-0.2, -0.15) is 0 Å². The predicted molar refractivity (Wildman–Crippen MR) is 52.8 cm³/mol. The number of aliphatic hydroxyl groups excluding tert-OH is 1. The standard InChI is InChI=1S/C10H11F2NO3/c1-6(14)5-13-7-2-3-8-9(4-7)16-10(11,12)15-8/h2-4,6,13-14H,5H2,1H3. The number of benzene rings is 1. The first-order chi connectivity index (χ1) is 7.46. The second kappa shape index (κ2) is 3.79. The van der Waals surface area contributed by atoms with Gasteiger partial charge in [0.15, 0.2) is 11.5 Å². The van der Waals surface area contributed by atoms with Crippen LogP contribution in [-0.2, 0) is 0 Å². The highest BCUT2D eigenvalue weighted by Crippen LogP contribution is 2.42. The highest BCUT2D eigenvalue weighted by molar-refractivity contribution is 5.55. The van der Waals surface area contributed by atoms with Crippen molar-refractivity contribution < 1.29 is 23.4 Å². The molecule has 0 aromatic heterocycles. The van der Waals surface area contributed by atoms with Crippen molar-refractivity contribution in [3.05, 3.63) is 18.2 Å². The van der Waals surface area contributed by atoms with E-state index in [1.54, 1.807) is 13.0 Å². The van der Waals surface area contributed by atoms with E-state index in [9.17, 15) is 8.78 Å². The lowest BCUT2D eigenvalue weighted by Crippen LogP contribution is -2.25. The molecule has 4 nitrogen and oxygen atoms in total. The first-order valence-electron chi connectivity index (χ1n) is 4.78. The van der Waals surface area contributed by atoms with Gasteiger partial charge in [0, 0.05) is 18.3 Å². The number of halogens is 2. The van der Waals surface area contributed by atoms with Crippen molar-refractivity contribution in [2.45, 2.75) is 19.3 Å². The molecular weight excluding hydrogens is 220 g/mol. The van der Waals surface area contributed by atoms with Crippen LogP contribution in [0.3, 0.4) is 0 Å². The lowest BCUT2D eigenvalue weighted by Gasteiger charge is -2.08. The Kier molecular flexibility index (Phi) is 2.59. The molecule has 16 heavy (non-hydrogen) atoms. The fraction of sp³-hybridized carbons (Fsp3) is 0.400. The van der Waals surface area contributed by atoms with Crippen LogP contribution < -0.4 is 14.8 Å². The summed E-state index contributed by atoms with van der Waals surface area (Å²) in [5.41, 5.74) is 0.584. The molecule has 1 aliphatic heterocycles. The summed E-state index contributed by atoms with van der Waals surface area (Å²) in [5, 5.41) is 11.9. The van der Waals surface area contributed by atoms with Crippen LogP contribution >= 0.6 is 0 Å². The normalized spacial score (nSPS) is 18.2. The van der Waals surface area contributed by atoms with Crippen LogP contribution in [0.1, 0.15) is 6.92 Å². The molecule has 0 saturated heterocycles. The Hall–Kier alpha value is -1.56. The Morgan fingerprint density at radius 2 is 2.06 bits per heavy atom. The van der Waals surface area contributed by atoms with Crippen molar-refractivity contribution >= 4 is 5.69 Å². The minimum absolute atomic E-state index is 0.00703. The van der Waals surface area contributed by atoms with E-state index in [1.807, 2.05) is 0 Å². The third kappa shape index (κ3) is 2.33. The zero-order valence-corrected chi connectivity index (χ0v) is 8.54. The molecule has 0 spiro atoms. The lowest BCUT2D eigenvalue weighted by atomic mass is 10.2. The van der Waals surface area contributed by atoms with Gasteiger partial charge in [-0.25, -0.2) is 0 Å². The summed E-state index contributed by atoms with van der Waals surface area (Å²) in [6, 6.07) is 4.37. The van der Waals surface area contributed by atoms with E-state index in [2.05, 4.69) is 14.8 Å². The zero-order valence-electron chi connectivity index (χ0n) is 8.54. The van der Waals surface area contributed by atoms with Crippen LogP contribution in [0.5, 0.6) is 11.5 Å². The van der Waals surface area contributed by atoms with E-state index in [-0.39, 0.29) is 11.5 Å². The number of aliphatic hydroxyl groups is 1. The Labute approximate surface area is 90.8 Å². The van der Waals surface area contributed by atoms with Gasteiger partial charge in [-0.1, -0.05) is 0 Å². The smallest absolute Gasteiger partial charge is 0.395 e. The second-order valence-electron chi connectivity index (χ2n) is 3.56. The molecule has 0 aliphatic carbocycles. The molecule has 88 valence electrons. The number of rotatable bonds is 3. The number of hydrogen-bond donors (Lipinski definition) is 2. The van der Waals surface area contributed by atoms with Gasteiger partial charge in [0.25, 0.3) is 0 Å². The first kappa shape index (κ1) is 10.9. The highest BCUT2D eigenvalue weighted by atomic mass is 19.3. The minimum atomic E-state index is -3.59. The molecule has 0 fully saturated rings. The van der Waals surface area contributed by atoms with Crippen LogP contribution in [0.15, 0.2) is 18.2 Å². The van der Waals surface area contributed by atoms with Crippen LogP contribution in [0.4, 0.5) is 14.5 Å². The molecule has 1 unspecified atom stereocenters. The fourth-order valence-corrected chi connectivity index (χ4v) is 1.32. The van der Waals surface area contributed by atoms with Crippen molar-refractivity contribution in [1.29, 1.82) is 0 Å². The molecule has 1 atom stereocenters. The van der Waals surface area contributed by atoms with Crippen molar-refractivity contribution in [2.75, 3.05) is 11.9 Å². The van der Waals surface area contributed by atoms with Gasteiger partial charge in [0.05, 0.1) is 6.10 Å². The van der Waals surface area contributed by atoms with Gasteiger partial charge in [0.2, 0.25) is 0 Å². The van der Waals surface area contributed by atoms with Gasteiger partial charge >= 0.3 is 6.29 Å². The number of hydrogen-bond acceptors (Lipinski definition) is 4.